The topological polar surface area (TPSA) is 35.2 Å². The summed E-state index contributed by atoms with van der Waals surface area (Å²) in [7, 11) is 1.64. The number of nitrogens with two attached hydrogens (primary N) is 1. The molecular formula is C14H13Cl2NO. The minimum Gasteiger partial charge on any atom is -0.497 e. The Labute approximate surface area is 116 Å². The molecule has 0 unspecified atom stereocenters. The van der Waals surface area contributed by atoms with Crippen LogP contribution in [0.1, 0.15) is 5.56 Å². The molecule has 2 rings (SSSR count). The van der Waals surface area contributed by atoms with Gasteiger partial charge in [-0.25, -0.2) is 0 Å². The van der Waals surface area contributed by atoms with E-state index in [1.54, 1.807) is 13.2 Å². The summed E-state index contributed by atoms with van der Waals surface area (Å²) < 4.78 is 5.13. The van der Waals surface area contributed by atoms with Crippen LogP contribution in [-0.2, 0) is 6.54 Å². The zero-order chi connectivity index (χ0) is 13.1. The molecule has 2 aromatic rings. The van der Waals surface area contributed by atoms with Gasteiger partial charge in [0.1, 0.15) is 5.75 Å². The lowest BCUT2D eigenvalue weighted by molar-refractivity contribution is 0.415. The third kappa shape index (κ3) is 2.61. The molecule has 0 aliphatic carbocycles. The van der Waals surface area contributed by atoms with Crippen molar-refractivity contribution in [2.75, 3.05) is 7.11 Å². The van der Waals surface area contributed by atoms with E-state index in [1.165, 1.54) is 0 Å². The Hall–Kier alpha value is -1.22. The van der Waals surface area contributed by atoms with Crippen molar-refractivity contribution in [3.63, 3.8) is 0 Å². The van der Waals surface area contributed by atoms with E-state index in [0.29, 0.717) is 16.6 Å². The van der Waals surface area contributed by atoms with Crippen molar-refractivity contribution < 1.29 is 4.74 Å². The van der Waals surface area contributed by atoms with E-state index >= 15 is 0 Å². The van der Waals surface area contributed by atoms with Gasteiger partial charge in [0.15, 0.2) is 0 Å². The van der Waals surface area contributed by atoms with Gasteiger partial charge < -0.3 is 10.5 Å². The van der Waals surface area contributed by atoms with Crippen LogP contribution in [0.3, 0.4) is 0 Å². The van der Waals surface area contributed by atoms with Gasteiger partial charge >= 0.3 is 0 Å². The van der Waals surface area contributed by atoms with E-state index in [-0.39, 0.29) is 0 Å². The Morgan fingerprint density at radius 3 is 2.33 bits per heavy atom. The fraction of sp³-hybridized carbons (Fsp3) is 0.143. The quantitative estimate of drug-likeness (QED) is 0.918. The van der Waals surface area contributed by atoms with Crippen molar-refractivity contribution in [1.29, 1.82) is 0 Å². The number of methoxy groups -OCH3 is 1. The van der Waals surface area contributed by atoms with Crippen LogP contribution in [0, 0.1) is 0 Å². The van der Waals surface area contributed by atoms with Crippen LogP contribution in [-0.4, -0.2) is 7.11 Å². The van der Waals surface area contributed by atoms with Crippen LogP contribution >= 0.6 is 23.2 Å². The van der Waals surface area contributed by atoms with Gasteiger partial charge in [0.05, 0.1) is 7.11 Å². The molecule has 0 atom stereocenters. The first-order valence-electron chi connectivity index (χ1n) is 5.48. The number of halogens is 2. The molecular weight excluding hydrogens is 269 g/mol. The first kappa shape index (κ1) is 13.2. The highest BCUT2D eigenvalue weighted by Crippen LogP contribution is 2.33. The van der Waals surface area contributed by atoms with Crippen LogP contribution in [0.15, 0.2) is 36.4 Å². The summed E-state index contributed by atoms with van der Waals surface area (Å²) in [5, 5.41) is 1.19. The van der Waals surface area contributed by atoms with Gasteiger partial charge in [-0.15, -0.1) is 0 Å². The van der Waals surface area contributed by atoms with Crippen LogP contribution in [0.5, 0.6) is 5.75 Å². The Morgan fingerprint density at radius 1 is 1.11 bits per heavy atom. The first-order valence-corrected chi connectivity index (χ1v) is 6.23. The highest BCUT2D eigenvalue weighted by molar-refractivity contribution is 6.35. The molecule has 0 aliphatic rings. The summed E-state index contributed by atoms with van der Waals surface area (Å²) in [6.45, 7) is 0.372. The maximum atomic E-state index is 6.15. The number of hydrogen-bond donors (Lipinski definition) is 1. The van der Waals surface area contributed by atoms with Crippen molar-refractivity contribution in [3.05, 3.63) is 52.0 Å². The van der Waals surface area contributed by atoms with E-state index in [2.05, 4.69) is 0 Å². The molecule has 0 aliphatic heterocycles. The standard InChI is InChI=1S/C14H13Cl2NO/c1-18-11-4-2-9(3-5-11)12-6-10(15)7-14(16)13(12)8-17/h2-7H,8,17H2,1H3. The molecule has 4 heteroatoms. The van der Waals surface area contributed by atoms with Crippen LogP contribution in [0.25, 0.3) is 11.1 Å². The summed E-state index contributed by atoms with van der Waals surface area (Å²) >= 11 is 12.2. The molecule has 0 amide bonds. The molecule has 0 saturated heterocycles. The fourth-order valence-corrected chi connectivity index (χ4v) is 2.41. The predicted molar refractivity (Wildman–Crippen MR) is 76.3 cm³/mol. The van der Waals surface area contributed by atoms with E-state index in [1.807, 2.05) is 30.3 Å². The van der Waals surface area contributed by atoms with E-state index in [9.17, 15) is 0 Å². The zero-order valence-corrected chi connectivity index (χ0v) is 11.4. The molecule has 0 bridgehead atoms. The Morgan fingerprint density at radius 2 is 1.78 bits per heavy atom. The normalized spacial score (nSPS) is 10.4. The fourth-order valence-electron chi connectivity index (χ4n) is 1.84. The van der Waals surface area contributed by atoms with Gasteiger partial charge in [0, 0.05) is 16.6 Å². The minimum absolute atomic E-state index is 0.372. The largest absolute Gasteiger partial charge is 0.497 e. The van der Waals surface area contributed by atoms with E-state index < -0.39 is 0 Å². The summed E-state index contributed by atoms with van der Waals surface area (Å²) in [6, 6.07) is 11.3. The zero-order valence-electron chi connectivity index (χ0n) is 9.91. The van der Waals surface area contributed by atoms with Gasteiger partial charge in [-0.05, 0) is 41.0 Å². The van der Waals surface area contributed by atoms with Crippen LogP contribution < -0.4 is 10.5 Å². The second kappa shape index (κ2) is 5.61. The smallest absolute Gasteiger partial charge is 0.118 e. The maximum Gasteiger partial charge on any atom is 0.118 e. The second-order valence-corrected chi connectivity index (χ2v) is 4.69. The molecule has 2 N–H and O–H groups in total. The van der Waals surface area contributed by atoms with E-state index in [0.717, 1.165) is 22.4 Å². The molecule has 2 aromatic carbocycles. The molecule has 0 aromatic heterocycles. The van der Waals surface area contributed by atoms with Gasteiger partial charge in [0.2, 0.25) is 0 Å². The number of rotatable bonds is 3. The van der Waals surface area contributed by atoms with Gasteiger partial charge in [-0.1, -0.05) is 35.3 Å². The average Bonchev–Trinajstić information content (AvgIpc) is 2.38. The third-order valence-electron chi connectivity index (χ3n) is 2.77. The highest BCUT2D eigenvalue weighted by Gasteiger charge is 2.09. The minimum atomic E-state index is 0.372. The predicted octanol–water partition coefficient (Wildman–Crippen LogP) is 4.13. The van der Waals surface area contributed by atoms with Crippen molar-refractivity contribution in [1.82, 2.24) is 0 Å². The lowest BCUT2D eigenvalue weighted by Crippen LogP contribution is -2.00. The lowest BCUT2D eigenvalue weighted by Gasteiger charge is -2.11. The summed E-state index contributed by atoms with van der Waals surface area (Å²) in [5.74, 6) is 0.807. The van der Waals surface area contributed by atoms with Crippen LogP contribution in [0.2, 0.25) is 10.0 Å². The molecule has 0 radical (unpaired) electrons. The van der Waals surface area contributed by atoms with Crippen LogP contribution in [0.4, 0.5) is 0 Å². The second-order valence-electron chi connectivity index (χ2n) is 3.85. The Balaban J connectivity index is 2.54. The van der Waals surface area contributed by atoms with Gasteiger partial charge in [-0.2, -0.15) is 0 Å². The maximum absolute atomic E-state index is 6.15. The monoisotopic (exact) mass is 281 g/mol. The molecule has 0 heterocycles. The number of benzene rings is 2. The molecule has 18 heavy (non-hydrogen) atoms. The van der Waals surface area contributed by atoms with Crippen molar-refractivity contribution in [2.24, 2.45) is 5.73 Å². The first-order chi connectivity index (χ1) is 8.65. The Kier molecular flexibility index (Phi) is 4.12. The number of ether oxygens (including phenoxy) is 1. The Bertz CT molecular complexity index is 552. The van der Waals surface area contributed by atoms with Crippen molar-refractivity contribution in [2.45, 2.75) is 6.54 Å². The van der Waals surface area contributed by atoms with Gasteiger partial charge in [-0.3, -0.25) is 0 Å². The summed E-state index contributed by atoms with van der Waals surface area (Å²) in [5.41, 5.74) is 8.61. The number of hydrogen-bond acceptors (Lipinski definition) is 2. The lowest BCUT2D eigenvalue weighted by atomic mass is 9.99. The van der Waals surface area contributed by atoms with Crippen molar-refractivity contribution in [3.8, 4) is 16.9 Å². The molecule has 0 saturated carbocycles. The summed E-state index contributed by atoms with van der Waals surface area (Å²) in [4.78, 5) is 0. The highest BCUT2D eigenvalue weighted by atomic mass is 35.5. The van der Waals surface area contributed by atoms with Gasteiger partial charge in [0.25, 0.3) is 0 Å². The van der Waals surface area contributed by atoms with Crippen molar-refractivity contribution >= 4 is 23.2 Å². The molecule has 94 valence electrons. The molecule has 0 spiro atoms. The summed E-state index contributed by atoms with van der Waals surface area (Å²) in [6.07, 6.45) is 0. The molecule has 0 fully saturated rings. The molecule has 2 nitrogen and oxygen atoms in total. The SMILES string of the molecule is COc1ccc(-c2cc(Cl)cc(Cl)c2CN)cc1. The average molecular weight is 282 g/mol. The van der Waals surface area contributed by atoms with E-state index in [4.69, 9.17) is 33.7 Å². The third-order valence-corrected chi connectivity index (χ3v) is 3.32.